The lowest BCUT2D eigenvalue weighted by Gasteiger charge is -2.32. The lowest BCUT2D eigenvalue weighted by atomic mass is 9.73. The van der Waals surface area contributed by atoms with Crippen molar-refractivity contribution in [3.05, 3.63) is 95.4 Å². The van der Waals surface area contributed by atoms with Crippen LogP contribution in [0, 0.1) is 17.7 Å². The van der Waals surface area contributed by atoms with Crippen LogP contribution in [-0.2, 0) is 23.9 Å². The Morgan fingerprint density at radius 2 is 1.60 bits per heavy atom. The summed E-state index contributed by atoms with van der Waals surface area (Å²) in [5.41, 5.74) is 3.66. The molecule has 1 aromatic heterocycles. The second kappa shape index (κ2) is 18.8. The number of imide groups is 2. The van der Waals surface area contributed by atoms with Crippen molar-refractivity contribution >= 4 is 57.7 Å². The molecule has 4 aromatic rings. The second-order valence-electron chi connectivity index (χ2n) is 16.7. The molecule has 1 unspecified atom stereocenters. The Morgan fingerprint density at radius 3 is 2.35 bits per heavy atom. The van der Waals surface area contributed by atoms with Crippen LogP contribution >= 0.6 is 0 Å². The van der Waals surface area contributed by atoms with Crippen molar-refractivity contribution in [2.75, 3.05) is 43.5 Å². The SMILES string of the molecule is C[C@@H](C(=O)Nc1ccc(OC2CCN(C(=O)CCOCCNc3ccc4c(c3)C(=O)N(C3CCC(=O)NC3=O)C4=O)CC2)cc1)C1CCC(c2ccnc3ccc(F)cc23)CC1. The number of anilines is 2. The molecule has 1 aliphatic carbocycles. The highest BCUT2D eigenvalue weighted by atomic mass is 19.1. The first-order chi connectivity index (χ1) is 30.0. The van der Waals surface area contributed by atoms with Gasteiger partial charge in [-0.25, -0.2) is 4.39 Å². The van der Waals surface area contributed by atoms with Gasteiger partial charge in [-0.3, -0.25) is 44.0 Å². The fraction of sp³-hybridized carbons (Fsp3) is 0.426. The summed E-state index contributed by atoms with van der Waals surface area (Å²) in [4.78, 5) is 83.2. The van der Waals surface area contributed by atoms with Crippen LogP contribution in [0.15, 0.2) is 72.9 Å². The van der Waals surface area contributed by atoms with E-state index in [1.165, 1.54) is 6.07 Å². The number of piperidine rings is 2. The Kier molecular flexibility index (Phi) is 12.9. The molecule has 0 bridgehead atoms. The van der Waals surface area contributed by atoms with Crippen molar-refractivity contribution in [3.63, 3.8) is 0 Å². The van der Waals surface area contributed by atoms with Crippen LogP contribution in [0.1, 0.15) is 96.9 Å². The van der Waals surface area contributed by atoms with E-state index in [0.29, 0.717) is 62.1 Å². The summed E-state index contributed by atoms with van der Waals surface area (Å²) in [7, 11) is 0. The second-order valence-corrected chi connectivity index (χ2v) is 16.7. The molecule has 324 valence electrons. The number of fused-ring (bicyclic) bond motifs is 2. The van der Waals surface area contributed by atoms with E-state index in [0.717, 1.165) is 47.0 Å². The molecule has 15 heteroatoms. The van der Waals surface area contributed by atoms with Gasteiger partial charge in [0.25, 0.3) is 11.8 Å². The molecule has 0 radical (unpaired) electrons. The molecule has 1 saturated carbocycles. The van der Waals surface area contributed by atoms with Crippen LogP contribution < -0.4 is 20.7 Å². The third kappa shape index (κ3) is 9.47. The summed E-state index contributed by atoms with van der Waals surface area (Å²) in [6.07, 6.45) is 7.29. The first-order valence-corrected chi connectivity index (χ1v) is 21.6. The first-order valence-electron chi connectivity index (χ1n) is 21.6. The van der Waals surface area contributed by atoms with Crippen LogP contribution in [0.5, 0.6) is 5.75 Å². The van der Waals surface area contributed by atoms with Gasteiger partial charge >= 0.3 is 0 Å². The van der Waals surface area contributed by atoms with Gasteiger partial charge in [0.05, 0.1) is 36.3 Å². The lowest BCUT2D eigenvalue weighted by molar-refractivity contribution is -0.136. The average molecular weight is 847 g/mol. The predicted octanol–water partition coefficient (Wildman–Crippen LogP) is 6.21. The molecule has 62 heavy (non-hydrogen) atoms. The summed E-state index contributed by atoms with van der Waals surface area (Å²) < 4.78 is 26.0. The molecule has 2 atom stereocenters. The van der Waals surface area contributed by atoms with Crippen LogP contribution in [0.2, 0.25) is 0 Å². The van der Waals surface area contributed by atoms with Gasteiger partial charge < -0.3 is 25.0 Å². The topological polar surface area (TPSA) is 176 Å². The number of carbonyl (C=O) groups excluding carboxylic acids is 6. The maximum absolute atomic E-state index is 14.0. The Bertz CT molecular complexity index is 2360. The van der Waals surface area contributed by atoms with Crippen LogP contribution in [0.4, 0.5) is 15.8 Å². The molecule has 2 saturated heterocycles. The molecule has 6 amide bonds. The number of ether oxygens (including phenoxy) is 2. The number of aromatic nitrogens is 1. The average Bonchev–Trinajstić information content (AvgIpc) is 3.52. The Morgan fingerprint density at radius 1 is 0.855 bits per heavy atom. The van der Waals surface area contributed by atoms with E-state index >= 15 is 0 Å². The van der Waals surface area contributed by atoms with Crippen molar-refractivity contribution in [3.8, 4) is 5.75 Å². The summed E-state index contributed by atoms with van der Waals surface area (Å²) >= 11 is 0. The smallest absolute Gasteiger partial charge is 0.262 e. The zero-order chi connectivity index (χ0) is 43.3. The maximum atomic E-state index is 14.0. The highest BCUT2D eigenvalue weighted by Crippen LogP contribution is 2.41. The summed E-state index contributed by atoms with van der Waals surface area (Å²) in [5.74, 6) is -1.31. The van der Waals surface area contributed by atoms with Crippen molar-refractivity contribution in [2.24, 2.45) is 11.8 Å². The molecule has 3 aromatic carbocycles. The fourth-order valence-electron chi connectivity index (χ4n) is 9.20. The fourth-order valence-corrected chi connectivity index (χ4v) is 9.20. The summed E-state index contributed by atoms with van der Waals surface area (Å²) in [6.45, 7) is 4.13. The van der Waals surface area contributed by atoms with E-state index in [9.17, 15) is 33.2 Å². The molecule has 4 aliphatic rings. The maximum Gasteiger partial charge on any atom is 0.262 e. The first kappa shape index (κ1) is 42.5. The molecule has 3 N–H and O–H groups in total. The molecule has 0 spiro atoms. The highest BCUT2D eigenvalue weighted by Gasteiger charge is 2.44. The van der Waals surface area contributed by atoms with Gasteiger partial charge in [0.1, 0.15) is 23.7 Å². The van der Waals surface area contributed by atoms with Crippen molar-refractivity contribution in [1.29, 1.82) is 0 Å². The number of nitrogens with zero attached hydrogens (tertiary/aromatic N) is 3. The zero-order valence-corrected chi connectivity index (χ0v) is 34.7. The van der Waals surface area contributed by atoms with E-state index in [2.05, 4.69) is 20.9 Å². The van der Waals surface area contributed by atoms with Gasteiger partial charge in [-0.1, -0.05) is 6.92 Å². The van der Waals surface area contributed by atoms with Crippen molar-refractivity contribution < 1.29 is 42.6 Å². The number of carbonyl (C=O) groups is 6. The number of hydrogen-bond acceptors (Lipinski definition) is 10. The molecule has 3 aliphatic heterocycles. The van der Waals surface area contributed by atoms with E-state index in [1.807, 2.05) is 42.2 Å². The molecule has 14 nitrogen and oxygen atoms in total. The van der Waals surface area contributed by atoms with Gasteiger partial charge in [0.2, 0.25) is 23.6 Å². The van der Waals surface area contributed by atoms with E-state index in [-0.39, 0.29) is 72.6 Å². The quantitative estimate of drug-likeness (QED) is 0.0977. The van der Waals surface area contributed by atoms with Crippen molar-refractivity contribution in [1.82, 2.24) is 20.1 Å². The third-order valence-electron chi connectivity index (χ3n) is 12.8. The minimum Gasteiger partial charge on any atom is -0.490 e. The Balaban J connectivity index is 0.701. The van der Waals surface area contributed by atoms with Gasteiger partial charge in [-0.15, -0.1) is 0 Å². The Hall–Kier alpha value is -6.22. The Labute approximate surface area is 358 Å². The predicted molar refractivity (Wildman–Crippen MR) is 228 cm³/mol. The van der Waals surface area contributed by atoms with Crippen LogP contribution in [-0.4, -0.2) is 95.2 Å². The van der Waals surface area contributed by atoms with E-state index in [4.69, 9.17) is 9.47 Å². The number of rotatable bonds is 14. The normalized spacial score (nSPS) is 21.1. The largest absolute Gasteiger partial charge is 0.490 e. The van der Waals surface area contributed by atoms with Gasteiger partial charge in [0, 0.05) is 67.8 Å². The standard InChI is InChI=1S/C47H51FN6O8/c1-28(29-2-4-30(5-3-29)36-16-20-50-40-13-6-31(48)26-38(36)40)44(57)51-32-7-10-34(11-8-32)62-35-17-22-53(23-18-35)43(56)19-24-61-25-21-49-33-9-12-37-39(27-33)47(60)54(46(37)59)41-14-15-42(55)52-45(41)58/h6-13,16,20,26-30,35,41,49H,2-5,14-15,17-19,21-25H2,1H3,(H,51,57)(H,52,55,58)/t28-,29?,30?,41?/m1/s1. The number of benzene rings is 3. The number of halogens is 1. The number of nitrogens with one attached hydrogen (secondary N) is 3. The van der Waals surface area contributed by atoms with Gasteiger partial charge in [0.15, 0.2) is 0 Å². The van der Waals surface area contributed by atoms with Gasteiger partial charge in [-0.2, -0.15) is 0 Å². The van der Waals surface area contributed by atoms with Gasteiger partial charge in [-0.05, 0) is 116 Å². The number of amides is 6. The number of likely N-dealkylation sites (tertiary alicyclic amines) is 1. The highest BCUT2D eigenvalue weighted by molar-refractivity contribution is 6.23. The minimum atomic E-state index is -1.02. The van der Waals surface area contributed by atoms with Crippen molar-refractivity contribution in [2.45, 2.75) is 82.8 Å². The number of hydrogen-bond donors (Lipinski definition) is 3. The molecule has 4 heterocycles. The monoisotopic (exact) mass is 846 g/mol. The summed E-state index contributed by atoms with van der Waals surface area (Å²) in [5, 5.41) is 9.31. The minimum absolute atomic E-state index is 0.00573. The van der Waals surface area contributed by atoms with E-state index < -0.39 is 29.7 Å². The van der Waals surface area contributed by atoms with E-state index in [1.54, 1.807) is 36.5 Å². The third-order valence-corrected chi connectivity index (χ3v) is 12.8. The van der Waals surface area contributed by atoms with Crippen LogP contribution in [0.25, 0.3) is 10.9 Å². The van der Waals surface area contributed by atoms with Crippen LogP contribution in [0.3, 0.4) is 0 Å². The zero-order valence-electron chi connectivity index (χ0n) is 34.7. The summed E-state index contributed by atoms with van der Waals surface area (Å²) in [6, 6.07) is 18.0. The lowest BCUT2D eigenvalue weighted by Crippen LogP contribution is -2.54. The molecular weight excluding hydrogens is 796 g/mol. The molecular formula is C47H51FN6O8. The number of pyridine rings is 1. The molecule has 3 fully saturated rings. The molecule has 8 rings (SSSR count).